The molecule has 2 bridgehead atoms. The first-order valence-electron chi connectivity index (χ1n) is 19.0. The highest BCUT2D eigenvalue weighted by Gasteiger charge is 2.78. The maximum absolute atomic E-state index is 14.9. The summed E-state index contributed by atoms with van der Waals surface area (Å²) in [6.07, 6.45) is -5.10. The van der Waals surface area contributed by atoms with E-state index in [9.17, 15) is 39.3 Å². The monoisotopic (exact) mass is 778 g/mol. The van der Waals surface area contributed by atoms with Crippen LogP contribution < -0.4 is 0 Å². The van der Waals surface area contributed by atoms with Gasteiger partial charge in [-0.05, 0) is 48.8 Å². The predicted molar refractivity (Wildman–Crippen MR) is 204 cm³/mol. The van der Waals surface area contributed by atoms with E-state index in [1.165, 1.54) is 38.1 Å². The first-order valence-corrected chi connectivity index (χ1v) is 19.0. The minimum absolute atomic E-state index is 0.0443. The Kier molecular flexibility index (Phi) is 10.2. The van der Waals surface area contributed by atoms with Gasteiger partial charge in [0.2, 0.25) is 0 Å². The van der Waals surface area contributed by atoms with Crippen LogP contribution in [-0.4, -0.2) is 93.1 Å². The Hall–Kier alpha value is -5.27. The largest absolute Gasteiger partial charge is 0.455 e. The van der Waals surface area contributed by atoms with E-state index >= 15 is 0 Å². The highest BCUT2D eigenvalue weighted by atomic mass is 16.6. The second-order valence-corrected chi connectivity index (χ2v) is 16.2. The number of benzene rings is 3. The van der Waals surface area contributed by atoms with Gasteiger partial charge in [0.1, 0.15) is 30.0 Å². The number of rotatable bonds is 8. The number of aliphatic hydroxyl groups is 3. The lowest BCUT2D eigenvalue weighted by molar-refractivity contribution is -0.345. The molecule has 7 rings (SSSR count). The van der Waals surface area contributed by atoms with Crippen LogP contribution in [0.4, 0.5) is 0 Å². The van der Waals surface area contributed by atoms with Gasteiger partial charge in [0.05, 0.1) is 29.6 Å². The van der Waals surface area contributed by atoms with Crippen LogP contribution in [0.5, 0.6) is 0 Å². The summed E-state index contributed by atoms with van der Waals surface area (Å²) in [6.45, 7) is 7.17. The minimum atomic E-state index is -2.22. The highest BCUT2D eigenvalue weighted by molar-refractivity contribution is 6.09. The third-order valence-corrected chi connectivity index (χ3v) is 12.8. The van der Waals surface area contributed by atoms with Crippen molar-refractivity contribution in [2.75, 3.05) is 6.61 Å². The van der Waals surface area contributed by atoms with Crippen molar-refractivity contribution in [1.82, 2.24) is 0 Å². The molecule has 9 atom stereocenters. The summed E-state index contributed by atoms with van der Waals surface area (Å²) in [7, 11) is 0. The average molecular weight is 779 g/mol. The number of hydrogen-bond acceptors (Lipinski definition) is 12. The second-order valence-electron chi connectivity index (χ2n) is 16.2. The molecular weight excluding hydrogens is 732 g/mol. The number of aliphatic hydroxyl groups excluding tert-OH is 2. The minimum Gasteiger partial charge on any atom is -0.455 e. The summed E-state index contributed by atoms with van der Waals surface area (Å²) >= 11 is 0. The Bertz CT molecular complexity index is 2160. The molecule has 3 fully saturated rings. The van der Waals surface area contributed by atoms with Gasteiger partial charge in [-0.3, -0.25) is 14.4 Å². The van der Waals surface area contributed by atoms with E-state index in [2.05, 4.69) is 0 Å². The summed E-state index contributed by atoms with van der Waals surface area (Å²) in [5.41, 5.74) is -5.29. The Morgan fingerprint density at radius 1 is 0.842 bits per heavy atom. The first-order chi connectivity index (χ1) is 27.0. The van der Waals surface area contributed by atoms with E-state index in [-0.39, 0.29) is 36.4 Å². The lowest BCUT2D eigenvalue weighted by atomic mass is 9.44. The van der Waals surface area contributed by atoms with Crippen LogP contribution in [0.15, 0.2) is 102 Å². The molecule has 0 unspecified atom stereocenters. The smallest absolute Gasteiger partial charge is 0.338 e. The van der Waals surface area contributed by atoms with Crippen LogP contribution in [0.25, 0.3) is 6.08 Å². The van der Waals surface area contributed by atoms with E-state index in [0.29, 0.717) is 22.3 Å². The molecule has 1 saturated heterocycles. The van der Waals surface area contributed by atoms with Crippen molar-refractivity contribution in [3.63, 3.8) is 0 Å². The lowest BCUT2D eigenvalue weighted by Gasteiger charge is -2.67. The Morgan fingerprint density at radius 3 is 2.02 bits per heavy atom. The zero-order valence-electron chi connectivity index (χ0n) is 32.3. The number of ketones is 2. The molecule has 4 aliphatic rings. The van der Waals surface area contributed by atoms with Crippen LogP contribution in [0.2, 0.25) is 0 Å². The molecule has 0 aromatic heterocycles. The molecule has 3 aromatic carbocycles. The normalized spacial score (nSPS) is 32.8. The summed E-state index contributed by atoms with van der Waals surface area (Å²) in [5.74, 6) is -4.85. The van der Waals surface area contributed by atoms with Crippen molar-refractivity contribution in [1.29, 1.82) is 0 Å². The van der Waals surface area contributed by atoms with Gasteiger partial charge in [0.25, 0.3) is 0 Å². The standard InChI is InChI=1S/C45H46O12/c1-25-31(55-34(48)21-18-27-16-19-29(20-17-27)36(49)28-12-8-6-9-13-28)23-45(53)40(56-41(52)30-14-10-7-11-15-30)38-43(5,39(51)37(50)35(25)42(45,3)4)32(47)22-33-44(38,24-54-33)57-26(2)46/h6-21,31-33,37-38,40,47,50,53H,22-24H2,1-5H3/b21-18+/t31-,32-,33+,37+,38-,40-,43+,44-,45+/m0/s1. The van der Waals surface area contributed by atoms with Gasteiger partial charge in [-0.2, -0.15) is 0 Å². The van der Waals surface area contributed by atoms with E-state index < -0.39 is 82.2 Å². The van der Waals surface area contributed by atoms with Gasteiger partial charge < -0.3 is 34.3 Å². The molecule has 3 aliphatic carbocycles. The van der Waals surface area contributed by atoms with Crippen molar-refractivity contribution < 1.29 is 58.2 Å². The molecule has 3 aromatic rings. The van der Waals surface area contributed by atoms with Crippen LogP contribution in [0.1, 0.15) is 79.3 Å². The molecule has 3 N–H and O–H groups in total. The van der Waals surface area contributed by atoms with E-state index in [1.54, 1.807) is 87.5 Å². The molecule has 2 saturated carbocycles. The van der Waals surface area contributed by atoms with Crippen molar-refractivity contribution >= 4 is 35.6 Å². The van der Waals surface area contributed by atoms with Gasteiger partial charge in [0, 0.05) is 42.4 Å². The zero-order chi connectivity index (χ0) is 41.1. The van der Waals surface area contributed by atoms with Crippen LogP contribution in [0.3, 0.4) is 0 Å². The number of Topliss-reactive ketones (excluding diaryl/α,β-unsaturated/α-hetero) is 1. The lowest BCUT2D eigenvalue weighted by Crippen LogP contribution is -2.81. The van der Waals surface area contributed by atoms with Gasteiger partial charge in [-0.1, -0.05) is 86.6 Å². The molecule has 298 valence electrons. The summed E-state index contributed by atoms with van der Waals surface area (Å²) in [5, 5.41) is 37.2. The maximum Gasteiger partial charge on any atom is 0.338 e. The number of ether oxygens (including phenoxy) is 4. The predicted octanol–water partition coefficient (Wildman–Crippen LogP) is 4.58. The van der Waals surface area contributed by atoms with Crippen molar-refractivity contribution in [3.8, 4) is 0 Å². The molecule has 1 heterocycles. The maximum atomic E-state index is 14.9. The van der Waals surface area contributed by atoms with E-state index in [4.69, 9.17) is 18.9 Å². The van der Waals surface area contributed by atoms with Gasteiger partial charge >= 0.3 is 17.9 Å². The Morgan fingerprint density at radius 2 is 1.44 bits per heavy atom. The second kappa shape index (κ2) is 14.6. The van der Waals surface area contributed by atoms with E-state index in [1.807, 2.05) is 6.07 Å². The van der Waals surface area contributed by atoms with Crippen molar-refractivity contribution in [2.45, 2.75) is 89.2 Å². The van der Waals surface area contributed by atoms with Crippen LogP contribution >= 0.6 is 0 Å². The number of carbonyl (C=O) groups is 5. The molecule has 0 amide bonds. The van der Waals surface area contributed by atoms with Crippen LogP contribution in [0, 0.1) is 16.7 Å². The Balaban J connectivity index is 1.28. The number of carbonyl (C=O) groups excluding carboxylic acids is 5. The zero-order valence-corrected chi connectivity index (χ0v) is 32.3. The molecule has 0 spiro atoms. The number of hydrogen-bond donors (Lipinski definition) is 3. The highest BCUT2D eigenvalue weighted by Crippen LogP contribution is 2.64. The molecule has 0 radical (unpaired) electrons. The number of fused-ring (bicyclic) bond motifs is 5. The quantitative estimate of drug-likeness (QED) is 0.0954. The summed E-state index contributed by atoms with van der Waals surface area (Å²) < 4.78 is 24.1. The molecule has 1 aliphatic heterocycles. The topological polar surface area (TPSA) is 183 Å². The summed E-state index contributed by atoms with van der Waals surface area (Å²) in [6, 6.07) is 23.5. The van der Waals surface area contributed by atoms with Crippen molar-refractivity contribution in [3.05, 3.63) is 124 Å². The van der Waals surface area contributed by atoms with Crippen LogP contribution in [-0.2, 0) is 33.3 Å². The fourth-order valence-electron chi connectivity index (χ4n) is 9.62. The summed E-state index contributed by atoms with van der Waals surface area (Å²) in [4.78, 5) is 68.1. The van der Waals surface area contributed by atoms with Gasteiger partial charge in [0.15, 0.2) is 17.2 Å². The third-order valence-electron chi connectivity index (χ3n) is 12.8. The van der Waals surface area contributed by atoms with Gasteiger partial charge in [-0.25, -0.2) is 9.59 Å². The molecule has 12 heteroatoms. The molecule has 12 nitrogen and oxygen atoms in total. The van der Waals surface area contributed by atoms with Gasteiger partial charge in [-0.15, -0.1) is 0 Å². The molecular formula is C45H46O12. The SMILES string of the molecule is CC(=O)O[C@@]12CO[C@@H]1C[C@H](O)[C@@]1(C)C(=O)[C@H](O)C3=C(C)[C@@H](OC(=O)/C=C/c4ccc(C(=O)c5ccccc5)cc4)C[C@@](O)([C@@H](OC(=O)c4ccccc4)[C@H]21)C3(C)C. The van der Waals surface area contributed by atoms with Crippen molar-refractivity contribution in [2.24, 2.45) is 16.7 Å². The molecule has 57 heavy (non-hydrogen) atoms. The number of esters is 3. The third kappa shape index (κ3) is 6.44. The average Bonchev–Trinajstić information content (AvgIpc) is 3.19. The fourth-order valence-corrected chi connectivity index (χ4v) is 9.62. The fraction of sp³-hybridized carbons (Fsp3) is 0.400. The first kappa shape index (κ1) is 39.9. The Labute approximate surface area is 330 Å². The van der Waals surface area contributed by atoms with E-state index in [0.717, 1.165) is 0 Å².